The predicted molar refractivity (Wildman–Crippen MR) is 77.7 cm³/mol. The van der Waals surface area contributed by atoms with Gasteiger partial charge in [0.1, 0.15) is 0 Å². The molecule has 2 N–H and O–H groups in total. The summed E-state index contributed by atoms with van der Waals surface area (Å²) < 4.78 is 1.96. The van der Waals surface area contributed by atoms with Crippen LogP contribution in [-0.2, 0) is 0 Å². The van der Waals surface area contributed by atoms with E-state index in [1.165, 1.54) is 11.3 Å². The quantitative estimate of drug-likeness (QED) is 0.895. The molecule has 1 aromatic heterocycles. The van der Waals surface area contributed by atoms with Crippen LogP contribution >= 0.6 is 0 Å². The van der Waals surface area contributed by atoms with Gasteiger partial charge in [-0.05, 0) is 31.4 Å². The van der Waals surface area contributed by atoms with E-state index in [2.05, 4.69) is 41.3 Å². The number of hydrogen-bond acceptors (Lipinski definition) is 3. The SMILES string of the molecule is Cc1ccccc1-n1cc(N2CCC(N)CC2)cn1. The molecule has 4 heteroatoms. The first-order valence-electron chi connectivity index (χ1n) is 6.85. The molecule has 3 rings (SSSR count). The van der Waals surface area contributed by atoms with Gasteiger partial charge in [-0.25, -0.2) is 4.68 Å². The number of hydrogen-bond donors (Lipinski definition) is 1. The Morgan fingerprint density at radius 1 is 1.21 bits per heavy atom. The molecule has 0 radical (unpaired) electrons. The lowest BCUT2D eigenvalue weighted by Gasteiger charge is -2.30. The van der Waals surface area contributed by atoms with Crippen molar-refractivity contribution in [1.82, 2.24) is 9.78 Å². The Morgan fingerprint density at radius 3 is 2.68 bits per heavy atom. The van der Waals surface area contributed by atoms with Crippen LogP contribution in [0.1, 0.15) is 18.4 Å². The van der Waals surface area contributed by atoms with Gasteiger partial charge in [-0.15, -0.1) is 0 Å². The van der Waals surface area contributed by atoms with Gasteiger partial charge < -0.3 is 10.6 Å². The van der Waals surface area contributed by atoms with E-state index in [1.807, 2.05) is 16.9 Å². The first-order valence-corrected chi connectivity index (χ1v) is 6.85. The molecule has 0 bridgehead atoms. The zero-order chi connectivity index (χ0) is 13.2. The van der Waals surface area contributed by atoms with Gasteiger partial charge in [-0.3, -0.25) is 0 Å². The van der Waals surface area contributed by atoms with Crippen molar-refractivity contribution in [1.29, 1.82) is 0 Å². The highest BCUT2D eigenvalue weighted by Gasteiger charge is 2.17. The maximum atomic E-state index is 5.94. The maximum Gasteiger partial charge on any atom is 0.0757 e. The number of aryl methyl sites for hydroxylation is 1. The van der Waals surface area contributed by atoms with E-state index in [-0.39, 0.29) is 0 Å². The van der Waals surface area contributed by atoms with Gasteiger partial charge in [0.2, 0.25) is 0 Å². The summed E-state index contributed by atoms with van der Waals surface area (Å²) in [4.78, 5) is 2.37. The molecule has 0 atom stereocenters. The summed E-state index contributed by atoms with van der Waals surface area (Å²) in [6.45, 7) is 4.16. The Morgan fingerprint density at radius 2 is 1.95 bits per heavy atom. The normalized spacial score (nSPS) is 16.8. The number of piperidine rings is 1. The fourth-order valence-corrected chi connectivity index (χ4v) is 2.59. The minimum absolute atomic E-state index is 0.364. The van der Waals surface area contributed by atoms with E-state index in [0.717, 1.165) is 31.6 Å². The summed E-state index contributed by atoms with van der Waals surface area (Å²) in [5.74, 6) is 0. The molecule has 1 aromatic carbocycles. The number of anilines is 1. The van der Waals surface area contributed by atoms with E-state index in [1.54, 1.807) is 0 Å². The number of para-hydroxylation sites is 1. The Bertz CT molecular complexity index is 553. The molecule has 0 amide bonds. The van der Waals surface area contributed by atoms with Crippen LogP contribution in [-0.4, -0.2) is 28.9 Å². The van der Waals surface area contributed by atoms with E-state index in [0.29, 0.717) is 6.04 Å². The molecule has 19 heavy (non-hydrogen) atoms. The van der Waals surface area contributed by atoms with Crippen molar-refractivity contribution in [3.05, 3.63) is 42.2 Å². The molecule has 100 valence electrons. The number of nitrogens with two attached hydrogens (primary N) is 1. The molecule has 0 saturated carbocycles. The van der Waals surface area contributed by atoms with Gasteiger partial charge in [0.15, 0.2) is 0 Å². The topological polar surface area (TPSA) is 47.1 Å². The molecule has 1 fully saturated rings. The zero-order valence-corrected chi connectivity index (χ0v) is 11.3. The molecule has 1 aliphatic heterocycles. The molecule has 2 heterocycles. The van der Waals surface area contributed by atoms with Crippen molar-refractivity contribution < 1.29 is 0 Å². The Hall–Kier alpha value is -1.81. The smallest absolute Gasteiger partial charge is 0.0757 e. The van der Waals surface area contributed by atoms with Crippen molar-refractivity contribution in [3.8, 4) is 5.69 Å². The van der Waals surface area contributed by atoms with Gasteiger partial charge >= 0.3 is 0 Å². The zero-order valence-electron chi connectivity index (χ0n) is 11.3. The lowest BCUT2D eigenvalue weighted by atomic mass is 10.1. The summed E-state index contributed by atoms with van der Waals surface area (Å²) >= 11 is 0. The summed E-state index contributed by atoms with van der Waals surface area (Å²) in [6.07, 6.45) is 6.19. The Balaban J connectivity index is 1.82. The van der Waals surface area contributed by atoms with Crippen molar-refractivity contribution in [2.45, 2.75) is 25.8 Å². The number of rotatable bonds is 2. The molecule has 1 saturated heterocycles. The predicted octanol–water partition coefficient (Wildman–Crippen LogP) is 2.11. The van der Waals surface area contributed by atoms with Crippen LogP contribution in [0.4, 0.5) is 5.69 Å². The van der Waals surface area contributed by atoms with Crippen LogP contribution in [0.5, 0.6) is 0 Å². The van der Waals surface area contributed by atoms with Crippen molar-refractivity contribution in [3.63, 3.8) is 0 Å². The number of aromatic nitrogens is 2. The highest BCUT2D eigenvalue weighted by Crippen LogP contribution is 2.21. The molecule has 4 nitrogen and oxygen atoms in total. The second-order valence-corrected chi connectivity index (χ2v) is 5.25. The minimum Gasteiger partial charge on any atom is -0.369 e. The van der Waals surface area contributed by atoms with E-state index in [9.17, 15) is 0 Å². The Labute approximate surface area is 113 Å². The summed E-state index contributed by atoms with van der Waals surface area (Å²) in [5, 5.41) is 4.49. The van der Waals surface area contributed by atoms with Gasteiger partial charge in [-0.1, -0.05) is 18.2 Å². The first-order chi connectivity index (χ1) is 9.24. The number of benzene rings is 1. The van der Waals surface area contributed by atoms with Crippen molar-refractivity contribution in [2.75, 3.05) is 18.0 Å². The first kappa shape index (κ1) is 12.2. The van der Waals surface area contributed by atoms with Crippen LogP contribution in [0, 0.1) is 6.92 Å². The standard InChI is InChI=1S/C15H20N4/c1-12-4-2-3-5-15(12)19-11-14(10-17-19)18-8-6-13(16)7-9-18/h2-5,10-11,13H,6-9,16H2,1H3. The van der Waals surface area contributed by atoms with E-state index < -0.39 is 0 Å². The Kier molecular flexibility index (Phi) is 3.25. The molecular formula is C15H20N4. The minimum atomic E-state index is 0.364. The van der Waals surface area contributed by atoms with Crippen LogP contribution in [0.15, 0.2) is 36.7 Å². The fourth-order valence-electron chi connectivity index (χ4n) is 2.59. The van der Waals surface area contributed by atoms with Gasteiger partial charge in [0.05, 0.1) is 23.8 Å². The lowest BCUT2D eigenvalue weighted by Crippen LogP contribution is -2.39. The average Bonchev–Trinajstić information content (AvgIpc) is 2.89. The number of nitrogens with zero attached hydrogens (tertiary/aromatic N) is 3. The van der Waals surface area contributed by atoms with Crippen LogP contribution in [0.3, 0.4) is 0 Å². The highest BCUT2D eigenvalue weighted by atomic mass is 15.3. The largest absolute Gasteiger partial charge is 0.369 e. The third-order valence-corrected chi connectivity index (χ3v) is 3.84. The molecule has 0 unspecified atom stereocenters. The van der Waals surface area contributed by atoms with Gasteiger partial charge in [0.25, 0.3) is 0 Å². The lowest BCUT2D eigenvalue weighted by molar-refractivity contribution is 0.501. The van der Waals surface area contributed by atoms with Crippen molar-refractivity contribution in [2.24, 2.45) is 5.73 Å². The summed E-state index contributed by atoms with van der Waals surface area (Å²) in [6, 6.07) is 8.66. The second-order valence-electron chi connectivity index (χ2n) is 5.25. The summed E-state index contributed by atoms with van der Waals surface area (Å²) in [7, 11) is 0. The van der Waals surface area contributed by atoms with Crippen LogP contribution in [0.2, 0.25) is 0 Å². The third-order valence-electron chi connectivity index (χ3n) is 3.84. The molecule has 1 aliphatic rings. The molecule has 0 spiro atoms. The monoisotopic (exact) mass is 256 g/mol. The molecule has 2 aromatic rings. The molecule has 0 aliphatic carbocycles. The van der Waals surface area contributed by atoms with E-state index in [4.69, 9.17) is 5.73 Å². The fraction of sp³-hybridized carbons (Fsp3) is 0.400. The van der Waals surface area contributed by atoms with Crippen LogP contribution in [0.25, 0.3) is 5.69 Å². The van der Waals surface area contributed by atoms with E-state index >= 15 is 0 Å². The van der Waals surface area contributed by atoms with Gasteiger partial charge in [-0.2, -0.15) is 5.10 Å². The van der Waals surface area contributed by atoms with Crippen molar-refractivity contribution >= 4 is 5.69 Å². The van der Waals surface area contributed by atoms with Crippen LogP contribution < -0.4 is 10.6 Å². The highest BCUT2D eigenvalue weighted by molar-refractivity contribution is 5.47. The third kappa shape index (κ3) is 2.49. The maximum absolute atomic E-state index is 5.94. The van der Waals surface area contributed by atoms with Gasteiger partial charge in [0, 0.05) is 19.1 Å². The summed E-state index contributed by atoms with van der Waals surface area (Å²) in [5.41, 5.74) is 9.51. The molecular weight excluding hydrogens is 236 g/mol. The average molecular weight is 256 g/mol. The second kappa shape index (κ2) is 5.05.